The Hall–Kier alpha value is 1.45. The van der Waals surface area contributed by atoms with E-state index in [1.807, 2.05) is 0 Å². The van der Waals surface area contributed by atoms with Gasteiger partial charge in [-0.1, -0.05) is 34.8 Å². The summed E-state index contributed by atoms with van der Waals surface area (Å²) in [6.45, 7) is 1.56. The molecule has 2 aliphatic rings. The number of hydrogen-bond donors (Lipinski definition) is 0. The van der Waals surface area contributed by atoms with Crippen molar-refractivity contribution >= 4 is 54.2 Å². The predicted octanol–water partition coefficient (Wildman–Crippen LogP) is 2.78. The Morgan fingerprint density at radius 2 is 1.94 bits per heavy atom. The van der Waals surface area contributed by atoms with E-state index in [-0.39, 0.29) is 19.3 Å². The highest BCUT2D eigenvalue weighted by Gasteiger charge is 2.43. The highest BCUT2D eigenvalue weighted by molar-refractivity contribution is 8.36. The van der Waals surface area contributed by atoms with Crippen LogP contribution in [0.15, 0.2) is 0 Å². The Bertz CT molecular complexity index is 286. The van der Waals surface area contributed by atoms with Crippen molar-refractivity contribution < 1.29 is 23.0 Å². The summed E-state index contributed by atoms with van der Waals surface area (Å²) in [5.74, 6) is 0. The largest absolute Gasteiger partial charge is 0.459 e. The van der Waals surface area contributed by atoms with E-state index < -0.39 is 17.2 Å². The first kappa shape index (κ1) is 15.8. The molecule has 0 aliphatic carbocycles. The monoisotopic (exact) mass is 356 g/mol. The summed E-state index contributed by atoms with van der Waals surface area (Å²) in [5.41, 5.74) is 0. The van der Waals surface area contributed by atoms with E-state index in [2.05, 4.69) is 0 Å². The number of rotatable bonds is 3. The first-order valence-corrected chi connectivity index (χ1v) is 8.95. The van der Waals surface area contributed by atoms with E-state index in [0.717, 1.165) is 6.42 Å². The van der Waals surface area contributed by atoms with Crippen LogP contribution >= 0.6 is 41.9 Å². The Labute approximate surface area is 126 Å². The molecule has 0 aromatic rings. The van der Waals surface area contributed by atoms with E-state index in [0.29, 0.717) is 13.2 Å². The van der Waals surface area contributed by atoms with Crippen LogP contribution in [-0.4, -0.2) is 42.6 Å². The molecule has 2 fully saturated rings. The molecule has 2 atom stereocenters. The SMILES string of the molecule is [S-][P+]1(OC[C@@H]2CO[C@@H](C(Cl)(Cl)Cl)O2)OCCCO1. The molecule has 2 heterocycles. The zero-order valence-corrected chi connectivity index (χ0v) is 13.2. The molecule has 2 rings (SSSR count). The smallest absolute Gasteiger partial charge is 0.290 e. The third-order valence-electron chi connectivity index (χ3n) is 2.22. The zero-order chi connectivity index (χ0) is 13.2. The van der Waals surface area contributed by atoms with Crippen LogP contribution in [0.5, 0.6) is 0 Å². The quantitative estimate of drug-likeness (QED) is 0.440. The lowest BCUT2D eigenvalue weighted by atomic mass is 10.4. The molecule has 18 heavy (non-hydrogen) atoms. The lowest BCUT2D eigenvalue weighted by Crippen LogP contribution is -2.28. The van der Waals surface area contributed by atoms with E-state index >= 15 is 0 Å². The first-order chi connectivity index (χ1) is 8.39. The average Bonchev–Trinajstić information content (AvgIpc) is 2.76. The number of hydrogen-bond acceptors (Lipinski definition) is 6. The number of ether oxygens (including phenoxy) is 2. The highest BCUT2D eigenvalue weighted by Crippen LogP contribution is 2.61. The van der Waals surface area contributed by atoms with Gasteiger partial charge in [-0.15, -0.1) is 0 Å². The van der Waals surface area contributed by atoms with Crippen LogP contribution in [0.4, 0.5) is 0 Å². The van der Waals surface area contributed by atoms with Crippen LogP contribution in [0.1, 0.15) is 6.42 Å². The maximum absolute atomic E-state index is 5.66. The molecular weight excluding hydrogens is 345 g/mol. The molecule has 0 unspecified atom stereocenters. The molecule has 0 aromatic carbocycles. The topological polar surface area (TPSA) is 46.2 Å². The fourth-order valence-electron chi connectivity index (χ4n) is 1.40. The van der Waals surface area contributed by atoms with Crippen molar-refractivity contribution in [3.63, 3.8) is 0 Å². The van der Waals surface area contributed by atoms with Gasteiger partial charge < -0.3 is 21.7 Å². The van der Waals surface area contributed by atoms with Crippen LogP contribution in [0.3, 0.4) is 0 Å². The van der Waals surface area contributed by atoms with Crippen LogP contribution in [0.25, 0.3) is 0 Å². The normalized spacial score (nSPS) is 32.7. The summed E-state index contributed by atoms with van der Waals surface area (Å²) >= 11 is 22.1. The van der Waals surface area contributed by atoms with Gasteiger partial charge in [0.2, 0.25) is 10.1 Å². The molecule has 2 aliphatic heterocycles. The molecule has 0 aromatic heterocycles. The summed E-state index contributed by atoms with van der Waals surface area (Å²) in [6.07, 6.45) is -0.427. The van der Waals surface area contributed by atoms with E-state index in [1.54, 1.807) is 0 Å². The van der Waals surface area contributed by atoms with Gasteiger partial charge in [-0.25, -0.2) is 0 Å². The first-order valence-electron chi connectivity index (χ1n) is 5.26. The van der Waals surface area contributed by atoms with Gasteiger partial charge in [0, 0.05) is 6.42 Å². The molecule has 2 saturated heterocycles. The zero-order valence-electron chi connectivity index (χ0n) is 9.22. The van der Waals surface area contributed by atoms with Gasteiger partial charge in [0.05, 0.1) is 19.8 Å². The Balaban J connectivity index is 1.75. The van der Waals surface area contributed by atoms with Crippen molar-refractivity contribution in [2.75, 3.05) is 26.4 Å². The Kier molecular flexibility index (Phi) is 5.70. The Morgan fingerprint density at radius 1 is 1.28 bits per heavy atom. The van der Waals surface area contributed by atoms with Crippen molar-refractivity contribution in [1.82, 2.24) is 0 Å². The summed E-state index contributed by atoms with van der Waals surface area (Å²) in [7, 11) is -2.63. The molecule has 0 bridgehead atoms. The predicted molar refractivity (Wildman–Crippen MR) is 71.7 cm³/mol. The minimum Gasteiger partial charge on any atom is -0.459 e. The molecule has 0 radical (unpaired) electrons. The van der Waals surface area contributed by atoms with Crippen molar-refractivity contribution in [1.29, 1.82) is 0 Å². The van der Waals surface area contributed by atoms with Crippen molar-refractivity contribution in [3.05, 3.63) is 0 Å². The summed E-state index contributed by atoms with van der Waals surface area (Å²) in [4.78, 5) is 0. The van der Waals surface area contributed by atoms with Crippen molar-refractivity contribution in [2.45, 2.75) is 22.6 Å². The molecule has 0 amide bonds. The van der Waals surface area contributed by atoms with Gasteiger partial charge in [-0.3, -0.25) is 0 Å². The van der Waals surface area contributed by atoms with Gasteiger partial charge in [-0.05, 0) is 0 Å². The molecular formula is C8H12Cl3O5PS. The second kappa shape index (κ2) is 6.48. The number of halogens is 3. The van der Waals surface area contributed by atoms with Gasteiger partial charge in [0.15, 0.2) is 0 Å². The second-order valence-electron chi connectivity index (χ2n) is 3.73. The van der Waals surface area contributed by atoms with Crippen LogP contribution < -0.4 is 0 Å². The summed E-state index contributed by atoms with van der Waals surface area (Å²) in [5, 5.41) is 0. The standard InChI is InChI=1S/C8H12Cl3O5PS/c9-8(10,11)7-12-4-6(16-7)5-15-17(18)13-2-1-3-14-17/h6-7H,1-5H2/t6-,7+/m0/s1. The molecule has 0 saturated carbocycles. The molecule has 106 valence electrons. The summed E-state index contributed by atoms with van der Waals surface area (Å²) in [6, 6.07) is 0. The highest BCUT2D eigenvalue weighted by atomic mass is 35.6. The molecule has 5 nitrogen and oxygen atoms in total. The van der Waals surface area contributed by atoms with Crippen LogP contribution in [0.2, 0.25) is 0 Å². The third-order valence-corrected chi connectivity index (χ3v) is 5.17. The average molecular weight is 358 g/mol. The fourth-order valence-corrected chi connectivity index (χ4v) is 3.66. The van der Waals surface area contributed by atoms with Gasteiger partial charge in [-0.2, -0.15) is 13.6 Å². The Morgan fingerprint density at radius 3 is 2.50 bits per heavy atom. The van der Waals surface area contributed by atoms with Gasteiger partial charge in [0.25, 0.3) is 7.15 Å². The fraction of sp³-hybridized carbons (Fsp3) is 1.00. The van der Waals surface area contributed by atoms with Crippen LogP contribution in [-0.2, 0) is 35.3 Å². The van der Waals surface area contributed by atoms with Gasteiger partial charge >= 0.3 is 0 Å². The third kappa shape index (κ3) is 4.48. The van der Waals surface area contributed by atoms with Crippen molar-refractivity contribution in [2.24, 2.45) is 0 Å². The molecule has 0 N–H and O–H groups in total. The van der Waals surface area contributed by atoms with Gasteiger partial charge in [0.1, 0.15) is 12.7 Å². The maximum atomic E-state index is 5.66. The van der Waals surface area contributed by atoms with E-state index in [4.69, 9.17) is 70.1 Å². The minimum atomic E-state index is -2.63. The lowest BCUT2D eigenvalue weighted by Gasteiger charge is -2.30. The van der Waals surface area contributed by atoms with Crippen molar-refractivity contribution in [3.8, 4) is 0 Å². The lowest BCUT2D eigenvalue weighted by molar-refractivity contribution is -0.0611. The molecule has 10 heteroatoms. The van der Waals surface area contributed by atoms with Crippen LogP contribution in [0, 0.1) is 0 Å². The number of alkyl halides is 3. The minimum absolute atomic E-state index is 0.189. The summed E-state index contributed by atoms with van der Waals surface area (Å²) < 4.78 is 25.1. The second-order valence-corrected chi connectivity index (χ2v) is 9.11. The van der Waals surface area contributed by atoms with E-state index in [1.165, 1.54) is 0 Å². The molecule has 0 spiro atoms. The maximum Gasteiger partial charge on any atom is 0.290 e. The van der Waals surface area contributed by atoms with E-state index in [9.17, 15) is 0 Å².